The number of hydrogen-bond donors (Lipinski definition) is 1. The molecule has 2 aromatic rings. The van der Waals surface area contributed by atoms with Gasteiger partial charge in [-0.1, -0.05) is 24.6 Å². The number of carbonyl (C=O) groups excluding carboxylic acids is 1. The molecule has 0 bridgehead atoms. The van der Waals surface area contributed by atoms with E-state index in [-0.39, 0.29) is 18.1 Å². The number of thiazole rings is 1. The van der Waals surface area contributed by atoms with Crippen LogP contribution in [-0.2, 0) is 13.2 Å². The number of nitrogens with zero attached hydrogens (tertiary/aromatic N) is 2. The summed E-state index contributed by atoms with van der Waals surface area (Å²) in [4.78, 5) is 18.9. The number of carbonyl (C=O) groups is 1. The topological polar surface area (TPSA) is 54.5 Å². The number of ether oxygens (including phenoxy) is 1. The Morgan fingerprint density at radius 2 is 1.96 bits per heavy atom. The Labute approximate surface area is 160 Å². The average molecular weight is 376 g/mol. The molecule has 1 heterocycles. The summed E-state index contributed by atoms with van der Waals surface area (Å²) >= 11 is 1.56. The van der Waals surface area contributed by atoms with Crippen molar-refractivity contribution in [2.45, 2.75) is 66.3 Å². The molecule has 0 radical (unpaired) electrons. The highest BCUT2D eigenvalue weighted by Crippen LogP contribution is 2.18. The molecule has 142 valence electrons. The van der Waals surface area contributed by atoms with Crippen molar-refractivity contribution in [2.75, 3.05) is 0 Å². The van der Waals surface area contributed by atoms with Crippen molar-refractivity contribution in [1.82, 2.24) is 15.2 Å². The fraction of sp³-hybridized carbons (Fsp3) is 0.500. The molecule has 1 N–H and O–H groups in total. The molecule has 0 fully saturated rings. The predicted molar refractivity (Wildman–Crippen MR) is 107 cm³/mol. The molecule has 0 spiro atoms. The first-order chi connectivity index (χ1) is 12.4. The molecule has 6 heteroatoms. The summed E-state index contributed by atoms with van der Waals surface area (Å²) < 4.78 is 5.79. The number of rotatable bonds is 8. The maximum atomic E-state index is 12.5. The number of hydrogen-bond acceptors (Lipinski definition) is 4. The van der Waals surface area contributed by atoms with Crippen molar-refractivity contribution >= 4 is 17.4 Å². The molecule has 0 aliphatic heterocycles. The highest BCUT2D eigenvalue weighted by Gasteiger charge is 2.21. The molecule has 5 nitrogen and oxygen atoms in total. The van der Waals surface area contributed by atoms with Gasteiger partial charge in [-0.3, -0.25) is 0 Å². The number of urea groups is 1. The minimum absolute atomic E-state index is 0.0418. The van der Waals surface area contributed by atoms with Crippen molar-refractivity contribution in [3.63, 3.8) is 0 Å². The first kappa shape index (κ1) is 20.2. The zero-order valence-electron chi connectivity index (χ0n) is 16.3. The number of amides is 2. The lowest BCUT2D eigenvalue weighted by molar-refractivity contribution is 0.170. The standard InChI is InChI=1S/C20H29N3O2S/c1-6-16(5)23(20(24)21-14(2)3)11-17-13-26-19(22-17)12-25-18-9-7-15(4)8-10-18/h7-10,13-14,16H,6,11-12H2,1-5H3,(H,21,24)/t16-/m0/s1. The quantitative estimate of drug-likeness (QED) is 0.724. The highest BCUT2D eigenvalue weighted by atomic mass is 32.1. The maximum absolute atomic E-state index is 12.5. The summed E-state index contributed by atoms with van der Waals surface area (Å²) in [6.07, 6.45) is 0.902. The Bertz CT molecular complexity index is 697. The van der Waals surface area contributed by atoms with E-state index in [9.17, 15) is 4.79 Å². The second-order valence-electron chi connectivity index (χ2n) is 6.82. The van der Waals surface area contributed by atoms with Crippen LogP contribution in [0.5, 0.6) is 5.75 Å². The van der Waals surface area contributed by atoms with Crippen molar-refractivity contribution in [1.29, 1.82) is 0 Å². The molecule has 0 aliphatic carbocycles. The van der Waals surface area contributed by atoms with Crippen LogP contribution in [0.2, 0.25) is 0 Å². The Hall–Kier alpha value is -2.08. The molecule has 1 aromatic carbocycles. The molecule has 26 heavy (non-hydrogen) atoms. The van der Waals surface area contributed by atoms with E-state index in [4.69, 9.17) is 4.74 Å². The van der Waals surface area contributed by atoms with Crippen LogP contribution in [-0.4, -0.2) is 28.0 Å². The lowest BCUT2D eigenvalue weighted by Crippen LogP contribution is -2.46. The van der Waals surface area contributed by atoms with Gasteiger partial charge < -0.3 is 15.0 Å². The van der Waals surface area contributed by atoms with E-state index < -0.39 is 0 Å². The summed E-state index contributed by atoms with van der Waals surface area (Å²) in [6.45, 7) is 11.1. The second kappa shape index (κ2) is 9.57. The van der Waals surface area contributed by atoms with Crippen LogP contribution >= 0.6 is 11.3 Å². The highest BCUT2D eigenvalue weighted by molar-refractivity contribution is 7.09. The Balaban J connectivity index is 1.97. The van der Waals surface area contributed by atoms with Crippen LogP contribution in [0.1, 0.15) is 50.4 Å². The van der Waals surface area contributed by atoms with Gasteiger partial charge in [-0.05, 0) is 46.2 Å². The fourth-order valence-electron chi connectivity index (χ4n) is 2.42. The van der Waals surface area contributed by atoms with Crippen molar-refractivity contribution in [3.05, 3.63) is 45.9 Å². The van der Waals surface area contributed by atoms with Crippen LogP contribution in [0.15, 0.2) is 29.6 Å². The van der Waals surface area contributed by atoms with Gasteiger partial charge >= 0.3 is 6.03 Å². The molecular weight excluding hydrogens is 346 g/mol. The lowest BCUT2D eigenvalue weighted by Gasteiger charge is -2.29. The summed E-state index contributed by atoms with van der Waals surface area (Å²) in [5, 5.41) is 5.89. The van der Waals surface area contributed by atoms with E-state index in [0.717, 1.165) is 22.9 Å². The van der Waals surface area contributed by atoms with E-state index >= 15 is 0 Å². The Morgan fingerprint density at radius 1 is 1.27 bits per heavy atom. The normalized spacial score (nSPS) is 12.1. The van der Waals surface area contributed by atoms with Gasteiger partial charge in [-0.25, -0.2) is 9.78 Å². The maximum Gasteiger partial charge on any atom is 0.318 e. The zero-order valence-corrected chi connectivity index (χ0v) is 17.1. The van der Waals surface area contributed by atoms with Crippen LogP contribution in [0.4, 0.5) is 4.79 Å². The average Bonchev–Trinajstić information content (AvgIpc) is 3.05. The smallest absolute Gasteiger partial charge is 0.318 e. The van der Waals surface area contributed by atoms with Crippen LogP contribution in [0, 0.1) is 6.92 Å². The van der Waals surface area contributed by atoms with Gasteiger partial charge in [0.25, 0.3) is 0 Å². The molecule has 1 aromatic heterocycles. The van der Waals surface area contributed by atoms with Gasteiger partial charge in [0.05, 0.1) is 12.2 Å². The summed E-state index contributed by atoms with van der Waals surface area (Å²) in [5.41, 5.74) is 2.11. The van der Waals surface area contributed by atoms with E-state index in [1.54, 1.807) is 11.3 Å². The predicted octanol–water partition coefficient (Wildman–Crippen LogP) is 4.75. The van der Waals surface area contributed by atoms with Gasteiger partial charge in [0.2, 0.25) is 0 Å². The largest absolute Gasteiger partial charge is 0.486 e. The van der Waals surface area contributed by atoms with Gasteiger partial charge in [0.15, 0.2) is 0 Å². The van der Waals surface area contributed by atoms with Gasteiger partial charge in [-0.2, -0.15) is 0 Å². The molecule has 0 aliphatic rings. The summed E-state index contributed by atoms with van der Waals surface area (Å²) in [7, 11) is 0. The first-order valence-electron chi connectivity index (χ1n) is 9.09. The van der Waals surface area contributed by atoms with Crippen molar-refractivity contribution in [3.8, 4) is 5.75 Å². The molecule has 0 saturated carbocycles. The Kier molecular flexibility index (Phi) is 7.45. The van der Waals surface area contributed by atoms with E-state index in [1.807, 2.05) is 48.4 Å². The third kappa shape index (κ3) is 6.02. The van der Waals surface area contributed by atoms with E-state index in [1.165, 1.54) is 5.56 Å². The third-order valence-electron chi connectivity index (χ3n) is 4.11. The summed E-state index contributed by atoms with van der Waals surface area (Å²) in [5.74, 6) is 0.838. The van der Waals surface area contributed by atoms with Crippen molar-refractivity contribution in [2.24, 2.45) is 0 Å². The SMILES string of the molecule is CC[C@H](C)N(Cc1csc(COc2ccc(C)cc2)n1)C(=O)NC(C)C. The van der Waals surface area contributed by atoms with Crippen LogP contribution < -0.4 is 10.1 Å². The van der Waals surface area contributed by atoms with Crippen LogP contribution in [0.3, 0.4) is 0 Å². The zero-order chi connectivity index (χ0) is 19.1. The van der Waals surface area contributed by atoms with E-state index in [0.29, 0.717) is 13.2 Å². The second-order valence-corrected chi connectivity index (χ2v) is 7.77. The molecule has 2 amide bonds. The summed E-state index contributed by atoms with van der Waals surface area (Å²) in [6, 6.07) is 8.21. The minimum Gasteiger partial charge on any atom is -0.486 e. The monoisotopic (exact) mass is 375 g/mol. The third-order valence-corrected chi connectivity index (χ3v) is 4.98. The van der Waals surface area contributed by atoms with Gasteiger partial charge in [0, 0.05) is 17.5 Å². The number of aromatic nitrogens is 1. The first-order valence-corrected chi connectivity index (χ1v) is 9.96. The number of aryl methyl sites for hydroxylation is 1. The Morgan fingerprint density at radius 3 is 2.58 bits per heavy atom. The number of nitrogens with one attached hydrogen (secondary N) is 1. The molecule has 1 atom stereocenters. The molecule has 0 unspecified atom stereocenters. The molecular formula is C20H29N3O2S. The van der Waals surface area contributed by atoms with Crippen molar-refractivity contribution < 1.29 is 9.53 Å². The van der Waals surface area contributed by atoms with E-state index in [2.05, 4.69) is 31.1 Å². The molecule has 0 saturated heterocycles. The van der Waals surface area contributed by atoms with Gasteiger partial charge in [0.1, 0.15) is 17.4 Å². The fourth-order valence-corrected chi connectivity index (χ4v) is 3.12. The molecule has 2 rings (SSSR count). The van der Waals surface area contributed by atoms with Crippen LogP contribution in [0.25, 0.3) is 0 Å². The lowest BCUT2D eigenvalue weighted by atomic mass is 10.2. The van der Waals surface area contributed by atoms with Gasteiger partial charge in [-0.15, -0.1) is 11.3 Å². The number of benzene rings is 1. The minimum atomic E-state index is -0.0418.